The molecule has 0 unspecified atom stereocenters. The fraction of sp³-hybridized carbons (Fsp3) is 0.385. The summed E-state index contributed by atoms with van der Waals surface area (Å²) in [6.45, 7) is 1.27. The summed E-state index contributed by atoms with van der Waals surface area (Å²) in [4.78, 5) is 24.4. The highest BCUT2D eigenvalue weighted by molar-refractivity contribution is 6.30. The maximum atomic E-state index is 12.2. The Morgan fingerprint density at radius 2 is 2.16 bits per heavy atom. The van der Waals surface area contributed by atoms with Crippen LogP contribution in [0.5, 0.6) is 0 Å². The fourth-order valence-corrected chi connectivity index (χ4v) is 2.14. The fourth-order valence-electron chi connectivity index (χ4n) is 1.95. The minimum Gasteiger partial charge on any atom is -0.480 e. The van der Waals surface area contributed by atoms with Crippen LogP contribution in [-0.2, 0) is 9.59 Å². The molecule has 0 radical (unpaired) electrons. The Morgan fingerprint density at radius 3 is 2.68 bits per heavy atom. The zero-order valence-corrected chi connectivity index (χ0v) is 11.1. The Labute approximate surface area is 116 Å². The van der Waals surface area contributed by atoms with E-state index in [4.69, 9.17) is 16.7 Å². The van der Waals surface area contributed by atoms with E-state index < -0.39 is 5.97 Å². The van der Waals surface area contributed by atoms with Crippen LogP contribution >= 0.6 is 11.6 Å². The molecule has 1 fully saturated rings. The Balaban J connectivity index is 2.14. The smallest absolute Gasteiger partial charge is 0.323 e. The summed E-state index contributed by atoms with van der Waals surface area (Å²) in [5.74, 6) is -0.931. The zero-order valence-electron chi connectivity index (χ0n) is 10.3. The van der Waals surface area contributed by atoms with Crippen LogP contribution in [0.25, 0.3) is 0 Å². The molecule has 2 rings (SSSR count). The number of halogens is 1. The number of anilines is 1. The molecule has 1 aromatic rings. The molecule has 0 spiro atoms. The molecule has 0 aliphatic carbocycles. The van der Waals surface area contributed by atoms with E-state index in [1.165, 1.54) is 4.90 Å². The molecule has 5 nitrogen and oxygen atoms in total. The van der Waals surface area contributed by atoms with E-state index in [0.717, 1.165) is 13.1 Å². The highest BCUT2D eigenvalue weighted by Crippen LogP contribution is 2.21. The molecule has 1 aromatic carbocycles. The summed E-state index contributed by atoms with van der Waals surface area (Å²) >= 11 is 5.88. The number of rotatable bonds is 5. The van der Waals surface area contributed by atoms with Gasteiger partial charge in [0.2, 0.25) is 5.91 Å². The summed E-state index contributed by atoms with van der Waals surface area (Å²) in [5.41, 5.74) is 0.521. The lowest BCUT2D eigenvalue weighted by Gasteiger charge is -2.29. The van der Waals surface area contributed by atoms with E-state index in [2.05, 4.69) is 5.32 Å². The normalized spacial score (nSPS) is 14.8. The molecular formula is C13H15ClN2O3. The molecule has 0 atom stereocenters. The average molecular weight is 283 g/mol. The van der Waals surface area contributed by atoms with Gasteiger partial charge in [0.1, 0.15) is 6.54 Å². The molecule has 1 amide bonds. The van der Waals surface area contributed by atoms with Crippen molar-refractivity contribution in [1.82, 2.24) is 5.32 Å². The molecular weight excluding hydrogens is 268 g/mol. The number of carboxylic acids is 1. The van der Waals surface area contributed by atoms with Gasteiger partial charge in [0, 0.05) is 17.1 Å². The molecule has 6 heteroatoms. The van der Waals surface area contributed by atoms with Crippen LogP contribution in [0.3, 0.4) is 0 Å². The van der Waals surface area contributed by atoms with E-state index >= 15 is 0 Å². The van der Waals surface area contributed by atoms with E-state index in [1.807, 2.05) is 0 Å². The summed E-state index contributed by atoms with van der Waals surface area (Å²) in [5, 5.41) is 12.5. The second-order valence-electron chi connectivity index (χ2n) is 4.58. The number of aliphatic carboxylic acids is 1. The molecule has 0 aromatic heterocycles. The molecule has 1 heterocycles. The lowest BCUT2D eigenvalue weighted by atomic mass is 9.98. The van der Waals surface area contributed by atoms with Crippen LogP contribution in [0, 0.1) is 5.92 Å². The molecule has 102 valence electrons. The van der Waals surface area contributed by atoms with Crippen molar-refractivity contribution in [2.75, 3.05) is 24.5 Å². The topological polar surface area (TPSA) is 69.6 Å². The quantitative estimate of drug-likeness (QED) is 0.856. The van der Waals surface area contributed by atoms with Crippen molar-refractivity contribution >= 4 is 29.2 Å². The van der Waals surface area contributed by atoms with Gasteiger partial charge >= 0.3 is 5.97 Å². The second kappa shape index (κ2) is 6.04. The monoisotopic (exact) mass is 282 g/mol. The van der Waals surface area contributed by atoms with E-state index in [9.17, 15) is 9.59 Å². The minimum atomic E-state index is -1.04. The lowest BCUT2D eigenvalue weighted by Crippen LogP contribution is -2.46. The predicted octanol–water partition coefficient (Wildman–Crippen LogP) is 1.37. The lowest BCUT2D eigenvalue weighted by molar-refractivity contribution is -0.136. The molecule has 1 saturated heterocycles. The maximum Gasteiger partial charge on any atom is 0.323 e. The number of hydrogen-bond donors (Lipinski definition) is 2. The van der Waals surface area contributed by atoms with Crippen molar-refractivity contribution in [3.63, 3.8) is 0 Å². The van der Waals surface area contributed by atoms with Gasteiger partial charge in [-0.15, -0.1) is 0 Å². The van der Waals surface area contributed by atoms with Crippen LogP contribution in [0.2, 0.25) is 5.02 Å². The van der Waals surface area contributed by atoms with Gasteiger partial charge in [0.25, 0.3) is 0 Å². The summed E-state index contributed by atoms with van der Waals surface area (Å²) < 4.78 is 0. The molecule has 1 aliphatic rings. The van der Waals surface area contributed by atoms with Crippen molar-refractivity contribution < 1.29 is 14.7 Å². The Hall–Kier alpha value is -1.59. The van der Waals surface area contributed by atoms with Gasteiger partial charge in [-0.3, -0.25) is 9.59 Å². The van der Waals surface area contributed by atoms with Crippen molar-refractivity contribution in [2.24, 2.45) is 5.92 Å². The van der Waals surface area contributed by atoms with Crippen molar-refractivity contribution in [1.29, 1.82) is 0 Å². The molecule has 19 heavy (non-hydrogen) atoms. The number of carboxylic acid groups (broad SMARTS) is 1. The van der Waals surface area contributed by atoms with E-state index in [0.29, 0.717) is 23.0 Å². The maximum absolute atomic E-state index is 12.2. The van der Waals surface area contributed by atoms with Crippen LogP contribution < -0.4 is 10.2 Å². The summed E-state index contributed by atoms with van der Waals surface area (Å²) in [6.07, 6.45) is 0.354. The van der Waals surface area contributed by atoms with Crippen LogP contribution in [-0.4, -0.2) is 36.6 Å². The standard InChI is InChI=1S/C13H15ClN2O3/c14-10-2-1-3-11(5-10)16(8-13(18)19)12(17)4-9-6-15-7-9/h1-3,5,9,15H,4,6-8H2,(H,18,19). The number of nitrogens with one attached hydrogen (secondary N) is 1. The van der Waals surface area contributed by atoms with Crippen molar-refractivity contribution in [2.45, 2.75) is 6.42 Å². The van der Waals surface area contributed by atoms with Crippen molar-refractivity contribution in [3.8, 4) is 0 Å². The molecule has 2 N–H and O–H groups in total. The first kappa shape index (κ1) is 13.8. The second-order valence-corrected chi connectivity index (χ2v) is 5.02. The number of amides is 1. The van der Waals surface area contributed by atoms with Gasteiger partial charge in [-0.05, 0) is 37.2 Å². The van der Waals surface area contributed by atoms with Gasteiger partial charge in [0.15, 0.2) is 0 Å². The molecule has 1 aliphatic heterocycles. The average Bonchev–Trinajstić information content (AvgIpc) is 2.30. The van der Waals surface area contributed by atoms with Crippen molar-refractivity contribution in [3.05, 3.63) is 29.3 Å². The van der Waals surface area contributed by atoms with E-state index in [1.54, 1.807) is 24.3 Å². The van der Waals surface area contributed by atoms with Gasteiger partial charge in [0.05, 0.1) is 0 Å². The molecule has 0 saturated carbocycles. The van der Waals surface area contributed by atoms with Gasteiger partial charge < -0.3 is 15.3 Å². The first-order chi connectivity index (χ1) is 9.06. The Morgan fingerprint density at radius 1 is 1.42 bits per heavy atom. The third-order valence-electron chi connectivity index (χ3n) is 3.04. The van der Waals surface area contributed by atoms with Gasteiger partial charge in [-0.2, -0.15) is 0 Å². The first-order valence-corrected chi connectivity index (χ1v) is 6.42. The van der Waals surface area contributed by atoms with Gasteiger partial charge in [-0.25, -0.2) is 0 Å². The summed E-state index contributed by atoms with van der Waals surface area (Å²) in [6, 6.07) is 6.67. The SMILES string of the molecule is O=C(O)CN(C(=O)CC1CNC1)c1cccc(Cl)c1. The molecule has 0 bridgehead atoms. The number of nitrogens with zero attached hydrogens (tertiary/aromatic N) is 1. The number of carbonyl (C=O) groups excluding carboxylic acids is 1. The van der Waals surface area contributed by atoms with Crippen LogP contribution in [0.4, 0.5) is 5.69 Å². The van der Waals surface area contributed by atoms with Gasteiger partial charge in [-0.1, -0.05) is 17.7 Å². The Kier molecular flexibility index (Phi) is 4.39. The Bertz CT molecular complexity index is 489. The number of benzene rings is 1. The first-order valence-electron chi connectivity index (χ1n) is 6.04. The number of carbonyl (C=O) groups is 2. The highest BCUT2D eigenvalue weighted by Gasteiger charge is 2.25. The number of hydrogen-bond acceptors (Lipinski definition) is 3. The minimum absolute atomic E-state index is 0.184. The largest absolute Gasteiger partial charge is 0.480 e. The van der Waals surface area contributed by atoms with E-state index in [-0.39, 0.29) is 12.5 Å². The third-order valence-corrected chi connectivity index (χ3v) is 3.28. The highest BCUT2D eigenvalue weighted by atomic mass is 35.5. The third kappa shape index (κ3) is 3.68. The van der Waals surface area contributed by atoms with Crippen LogP contribution in [0.1, 0.15) is 6.42 Å². The van der Waals surface area contributed by atoms with Crippen LogP contribution in [0.15, 0.2) is 24.3 Å². The summed E-state index contributed by atoms with van der Waals surface area (Å²) in [7, 11) is 0. The zero-order chi connectivity index (χ0) is 13.8. The predicted molar refractivity (Wildman–Crippen MR) is 72.4 cm³/mol.